The summed E-state index contributed by atoms with van der Waals surface area (Å²) >= 11 is 0. The zero-order valence-corrected chi connectivity index (χ0v) is 9.97. The Bertz CT molecular complexity index is 414. The molecule has 1 aromatic heterocycles. The molecule has 0 aromatic carbocycles. The molecule has 0 aliphatic rings. The van der Waals surface area contributed by atoms with Crippen LogP contribution in [0, 0.1) is 0 Å². The molecule has 92 valence electrons. The van der Waals surface area contributed by atoms with Crippen LogP contribution in [-0.4, -0.2) is 42.1 Å². The number of carboxylic acid groups (broad SMARTS) is 1. The largest absolute Gasteiger partial charge is 0.480 e. The van der Waals surface area contributed by atoms with Gasteiger partial charge in [-0.25, -0.2) is 4.98 Å². The minimum Gasteiger partial charge on any atom is -0.480 e. The Morgan fingerprint density at radius 2 is 2.06 bits per heavy atom. The molecule has 0 radical (unpaired) electrons. The number of anilines is 1. The van der Waals surface area contributed by atoms with E-state index in [0.717, 1.165) is 5.82 Å². The Morgan fingerprint density at radius 3 is 2.47 bits per heavy atom. The number of hydrogen-bond acceptors (Lipinski definition) is 4. The number of nitrogens with one attached hydrogen (secondary N) is 1. The highest BCUT2D eigenvalue weighted by molar-refractivity contribution is 5.96. The van der Waals surface area contributed by atoms with Crippen LogP contribution in [0.3, 0.4) is 0 Å². The van der Waals surface area contributed by atoms with E-state index in [0.29, 0.717) is 5.56 Å². The molecular weight excluding hydrogens is 222 g/mol. The van der Waals surface area contributed by atoms with E-state index in [1.807, 2.05) is 19.0 Å². The van der Waals surface area contributed by atoms with Crippen LogP contribution in [0.1, 0.15) is 17.3 Å². The fraction of sp³-hybridized carbons (Fsp3) is 0.364. The van der Waals surface area contributed by atoms with Crippen molar-refractivity contribution >= 4 is 17.7 Å². The van der Waals surface area contributed by atoms with E-state index in [1.54, 1.807) is 12.1 Å². The molecule has 0 aliphatic heterocycles. The quantitative estimate of drug-likeness (QED) is 0.789. The van der Waals surface area contributed by atoms with Gasteiger partial charge in [0.1, 0.15) is 11.9 Å². The van der Waals surface area contributed by atoms with E-state index < -0.39 is 17.9 Å². The summed E-state index contributed by atoms with van der Waals surface area (Å²) < 4.78 is 0. The summed E-state index contributed by atoms with van der Waals surface area (Å²) in [4.78, 5) is 28.1. The number of aromatic nitrogens is 1. The fourth-order valence-electron chi connectivity index (χ4n) is 1.13. The van der Waals surface area contributed by atoms with Crippen molar-refractivity contribution in [2.45, 2.75) is 13.0 Å². The van der Waals surface area contributed by atoms with Gasteiger partial charge in [0.25, 0.3) is 5.91 Å². The number of carbonyl (C=O) groups excluding carboxylic acids is 1. The Kier molecular flexibility index (Phi) is 4.03. The molecule has 0 aliphatic carbocycles. The lowest BCUT2D eigenvalue weighted by molar-refractivity contribution is -0.138. The van der Waals surface area contributed by atoms with E-state index in [-0.39, 0.29) is 0 Å². The topological polar surface area (TPSA) is 82.5 Å². The van der Waals surface area contributed by atoms with Crippen molar-refractivity contribution in [3.63, 3.8) is 0 Å². The van der Waals surface area contributed by atoms with E-state index in [2.05, 4.69) is 10.3 Å². The minimum absolute atomic E-state index is 0.337. The molecule has 0 saturated carbocycles. The van der Waals surface area contributed by atoms with Gasteiger partial charge in [-0.2, -0.15) is 0 Å². The third-order valence-corrected chi connectivity index (χ3v) is 2.19. The second-order valence-electron chi connectivity index (χ2n) is 3.83. The Balaban J connectivity index is 2.73. The third-order valence-electron chi connectivity index (χ3n) is 2.19. The normalized spacial score (nSPS) is 11.7. The van der Waals surface area contributed by atoms with Gasteiger partial charge in [-0.3, -0.25) is 9.59 Å². The van der Waals surface area contributed by atoms with Gasteiger partial charge in [-0.05, 0) is 19.1 Å². The molecule has 2 N–H and O–H groups in total. The molecule has 1 amide bonds. The summed E-state index contributed by atoms with van der Waals surface area (Å²) in [5.74, 6) is -0.790. The second kappa shape index (κ2) is 5.29. The first-order chi connectivity index (χ1) is 7.91. The van der Waals surface area contributed by atoms with Crippen LogP contribution in [-0.2, 0) is 4.79 Å². The molecule has 1 unspecified atom stereocenters. The molecule has 0 fully saturated rings. The van der Waals surface area contributed by atoms with E-state index >= 15 is 0 Å². The number of amides is 1. The molecule has 1 atom stereocenters. The number of carbonyl (C=O) groups is 2. The predicted molar refractivity (Wildman–Crippen MR) is 63.1 cm³/mol. The minimum atomic E-state index is -1.07. The molecule has 1 aromatic rings. The molecule has 6 heteroatoms. The van der Waals surface area contributed by atoms with Gasteiger partial charge < -0.3 is 15.3 Å². The highest BCUT2D eigenvalue weighted by Gasteiger charge is 2.15. The first-order valence-corrected chi connectivity index (χ1v) is 5.09. The summed E-state index contributed by atoms with van der Waals surface area (Å²) in [6, 6.07) is 2.38. The summed E-state index contributed by atoms with van der Waals surface area (Å²) in [5, 5.41) is 11.0. The first-order valence-electron chi connectivity index (χ1n) is 5.09. The van der Waals surface area contributed by atoms with Crippen molar-refractivity contribution in [3.8, 4) is 0 Å². The van der Waals surface area contributed by atoms with Crippen molar-refractivity contribution < 1.29 is 14.7 Å². The molecule has 6 nitrogen and oxygen atoms in total. The highest BCUT2D eigenvalue weighted by atomic mass is 16.4. The maximum atomic E-state index is 11.6. The molecule has 0 spiro atoms. The number of nitrogens with zero attached hydrogens (tertiary/aromatic N) is 2. The monoisotopic (exact) mass is 237 g/mol. The van der Waals surface area contributed by atoms with E-state index in [4.69, 9.17) is 5.11 Å². The number of rotatable bonds is 4. The molecule has 1 rings (SSSR count). The number of carboxylic acids is 1. The van der Waals surface area contributed by atoms with E-state index in [9.17, 15) is 9.59 Å². The zero-order chi connectivity index (χ0) is 13.0. The number of aliphatic carboxylic acids is 1. The van der Waals surface area contributed by atoms with Crippen LogP contribution in [0.5, 0.6) is 0 Å². The van der Waals surface area contributed by atoms with Gasteiger partial charge in [0.2, 0.25) is 0 Å². The van der Waals surface area contributed by atoms with Crippen LogP contribution >= 0.6 is 0 Å². The van der Waals surface area contributed by atoms with Crippen molar-refractivity contribution in [2.24, 2.45) is 0 Å². The molecular formula is C11H15N3O3. The predicted octanol–water partition coefficient (Wildman–Crippen LogP) is 0.350. The van der Waals surface area contributed by atoms with Crippen molar-refractivity contribution in [2.75, 3.05) is 19.0 Å². The molecule has 0 saturated heterocycles. The lowest BCUT2D eigenvalue weighted by Crippen LogP contribution is -2.38. The van der Waals surface area contributed by atoms with Gasteiger partial charge in [0, 0.05) is 20.3 Å². The van der Waals surface area contributed by atoms with Gasteiger partial charge in [0.15, 0.2) is 0 Å². The van der Waals surface area contributed by atoms with Crippen LogP contribution in [0.25, 0.3) is 0 Å². The standard InChI is InChI=1S/C11H15N3O3/c1-7(11(16)17)13-10(15)8-4-5-9(12-6-8)14(2)3/h4-7H,1-3H3,(H,13,15)(H,16,17). The molecule has 0 bridgehead atoms. The van der Waals surface area contributed by atoms with Crippen LogP contribution in [0.15, 0.2) is 18.3 Å². The summed E-state index contributed by atoms with van der Waals surface area (Å²) in [6.45, 7) is 1.40. The van der Waals surface area contributed by atoms with E-state index in [1.165, 1.54) is 13.1 Å². The summed E-state index contributed by atoms with van der Waals surface area (Å²) in [7, 11) is 3.68. The van der Waals surface area contributed by atoms with Gasteiger partial charge in [-0.1, -0.05) is 0 Å². The van der Waals surface area contributed by atoms with Crippen molar-refractivity contribution in [3.05, 3.63) is 23.9 Å². The Hall–Kier alpha value is -2.11. The Labute approximate surface area is 99.3 Å². The van der Waals surface area contributed by atoms with Crippen molar-refractivity contribution in [1.29, 1.82) is 0 Å². The Morgan fingerprint density at radius 1 is 1.41 bits per heavy atom. The van der Waals surface area contributed by atoms with Crippen molar-refractivity contribution in [1.82, 2.24) is 10.3 Å². The van der Waals surface area contributed by atoms with Gasteiger partial charge in [0.05, 0.1) is 5.56 Å². The summed E-state index contributed by atoms with van der Waals surface area (Å²) in [5.41, 5.74) is 0.337. The smallest absolute Gasteiger partial charge is 0.325 e. The first kappa shape index (κ1) is 13.0. The molecule has 1 heterocycles. The second-order valence-corrected chi connectivity index (χ2v) is 3.83. The lowest BCUT2D eigenvalue weighted by Gasteiger charge is -2.12. The fourth-order valence-corrected chi connectivity index (χ4v) is 1.13. The van der Waals surface area contributed by atoms with Crippen LogP contribution < -0.4 is 10.2 Å². The van der Waals surface area contributed by atoms with Gasteiger partial charge >= 0.3 is 5.97 Å². The number of hydrogen-bond donors (Lipinski definition) is 2. The average molecular weight is 237 g/mol. The zero-order valence-electron chi connectivity index (χ0n) is 9.97. The maximum Gasteiger partial charge on any atom is 0.325 e. The highest BCUT2D eigenvalue weighted by Crippen LogP contribution is 2.07. The summed E-state index contributed by atoms with van der Waals surface area (Å²) in [6.07, 6.45) is 1.42. The third kappa shape index (κ3) is 3.44. The maximum absolute atomic E-state index is 11.6. The molecule has 17 heavy (non-hydrogen) atoms. The number of pyridine rings is 1. The van der Waals surface area contributed by atoms with Crippen LogP contribution in [0.2, 0.25) is 0 Å². The SMILES string of the molecule is CC(NC(=O)c1ccc(N(C)C)nc1)C(=O)O. The lowest BCUT2D eigenvalue weighted by atomic mass is 10.2. The van der Waals surface area contributed by atoms with Gasteiger partial charge in [-0.15, -0.1) is 0 Å². The van der Waals surface area contributed by atoms with Crippen LogP contribution in [0.4, 0.5) is 5.82 Å². The average Bonchev–Trinajstić information content (AvgIpc) is 2.28.